The van der Waals surface area contributed by atoms with Gasteiger partial charge in [0.1, 0.15) is 0 Å². The maximum Gasteiger partial charge on any atom is 0.0540 e. The molecule has 0 aromatic heterocycles. The van der Waals surface area contributed by atoms with E-state index in [4.69, 9.17) is 0 Å². The van der Waals surface area contributed by atoms with Crippen LogP contribution in [0.2, 0.25) is 0 Å². The van der Waals surface area contributed by atoms with Crippen molar-refractivity contribution in [1.82, 2.24) is 0 Å². The molecule has 62 heavy (non-hydrogen) atoms. The molecule has 0 radical (unpaired) electrons. The summed E-state index contributed by atoms with van der Waals surface area (Å²) < 4.78 is 0. The second-order valence-corrected chi connectivity index (χ2v) is 17.0. The minimum absolute atomic E-state index is 0.181. The summed E-state index contributed by atoms with van der Waals surface area (Å²) >= 11 is 0. The lowest BCUT2D eigenvalue weighted by atomic mass is 9.61. The van der Waals surface area contributed by atoms with Crippen LogP contribution in [0.25, 0.3) is 50.1 Å². The number of allylic oxidation sites excluding steroid dienone is 13. The zero-order chi connectivity index (χ0) is 41.0. The van der Waals surface area contributed by atoms with Crippen molar-refractivity contribution in [3.05, 3.63) is 270 Å². The van der Waals surface area contributed by atoms with Crippen LogP contribution in [0.15, 0.2) is 259 Å². The lowest BCUT2D eigenvalue weighted by Crippen LogP contribution is -2.38. The van der Waals surface area contributed by atoms with Gasteiger partial charge in [0, 0.05) is 34.1 Å². The number of anilines is 2. The molecule has 1 nitrogen and oxygen atoms in total. The van der Waals surface area contributed by atoms with Crippen molar-refractivity contribution in [1.29, 1.82) is 0 Å². The predicted octanol–water partition coefficient (Wildman–Crippen LogP) is 15.7. The van der Waals surface area contributed by atoms with E-state index < -0.39 is 0 Å². The zero-order valence-corrected chi connectivity index (χ0v) is 34.5. The number of fused-ring (bicyclic) bond motifs is 8. The zero-order valence-electron chi connectivity index (χ0n) is 34.5. The summed E-state index contributed by atoms with van der Waals surface area (Å²) in [5.74, 6) is 0.410. The highest BCUT2D eigenvalue weighted by Gasteiger charge is 2.59. The van der Waals surface area contributed by atoms with Gasteiger partial charge in [-0.25, -0.2) is 0 Å². The van der Waals surface area contributed by atoms with Crippen LogP contribution in [0, 0.1) is 11.8 Å². The summed E-state index contributed by atoms with van der Waals surface area (Å²) in [6.45, 7) is 0. The highest BCUT2D eigenvalue weighted by Crippen LogP contribution is 2.66. The number of nitrogens with zero attached hydrogens (tertiary/aromatic N) is 1. The summed E-state index contributed by atoms with van der Waals surface area (Å²) in [6.07, 6.45) is 24.0. The van der Waals surface area contributed by atoms with Crippen molar-refractivity contribution < 1.29 is 0 Å². The van der Waals surface area contributed by atoms with Crippen molar-refractivity contribution in [2.75, 3.05) is 4.90 Å². The number of benzene rings is 7. The van der Waals surface area contributed by atoms with Crippen molar-refractivity contribution >= 4 is 16.9 Å². The first-order chi connectivity index (χ1) is 30.8. The topological polar surface area (TPSA) is 3.24 Å². The van der Waals surface area contributed by atoms with E-state index in [2.05, 4.69) is 242 Å². The monoisotopic (exact) mass is 791 g/mol. The highest BCUT2D eigenvalue weighted by molar-refractivity contribution is 5.95. The molecule has 0 fully saturated rings. The van der Waals surface area contributed by atoms with E-state index in [1.165, 1.54) is 77.9 Å². The molecule has 3 atom stereocenters. The highest BCUT2D eigenvalue weighted by atomic mass is 15.2. The Bertz CT molecular complexity index is 2980. The van der Waals surface area contributed by atoms with Crippen LogP contribution in [-0.4, -0.2) is 0 Å². The van der Waals surface area contributed by atoms with Gasteiger partial charge in [-0.1, -0.05) is 200 Å². The first-order valence-electron chi connectivity index (χ1n) is 22.1. The molecule has 0 amide bonds. The van der Waals surface area contributed by atoms with Gasteiger partial charge >= 0.3 is 0 Å². The van der Waals surface area contributed by atoms with Gasteiger partial charge < -0.3 is 4.90 Å². The summed E-state index contributed by atoms with van der Waals surface area (Å²) in [5.41, 5.74) is 21.5. The first-order valence-corrected chi connectivity index (χ1v) is 22.1. The molecule has 1 heteroatoms. The van der Waals surface area contributed by atoms with E-state index in [1.807, 2.05) is 0 Å². The largest absolute Gasteiger partial charge is 0.309 e. The molecule has 12 rings (SSSR count). The van der Waals surface area contributed by atoms with Crippen LogP contribution in [0.4, 0.5) is 11.4 Å². The Kier molecular flexibility index (Phi) is 8.75. The lowest BCUT2D eigenvalue weighted by Gasteiger charge is -2.41. The van der Waals surface area contributed by atoms with Crippen LogP contribution in [-0.2, 0) is 5.41 Å². The SMILES string of the molecule is C1=CC2=C3C=C(N(c4ccc(-c5ccccc5)cc4-c4ccccc4)c4ccc(-c5ccccc5)cc4-c4ccccc4)C=CC3C3(C4=C(CCC=C4)c4ccccc43)C2C=C1. The molecule has 3 unspecified atom stereocenters. The van der Waals surface area contributed by atoms with Crippen molar-refractivity contribution in [2.24, 2.45) is 11.8 Å². The van der Waals surface area contributed by atoms with E-state index in [-0.39, 0.29) is 17.3 Å². The molecule has 294 valence electrons. The molecule has 0 saturated heterocycles. The molecule has 0 aliphatic heterocycles. The summed E-state index contributed by atoms with van der Waals surface area (Å²) in [5, 5.41) is 0. The minimum Gasteiger partial charge on any atom is -0.309 e. The first kappa shape index (κ1) is 36.4. The van der Waals surface area contributed by atoms with E-state index >= 15 is 0 Å². The molecule has 5 aliphatic rings. The lowest BCUT2D eigenvalue weighted by molar-refractivity contribution is 0.400. The summed E-state index contributed by atoms with van der Waals surface area (Å²) in [4.78, 5) is 2.55. The van der Waals surface area contributed by atoms with Gasteiger partial charge in [0.05, 0.1) is 11.4 Å². The van der Waals surface area contributed by atoms with Crippen LogP contribution in [0.1, 0.15) is 24.0 Å². The Balaban J connectivity index is 1.11. The fourth-order valence-corrected chi connectivity index (χ4v) is 11.2. The van der Waals surface area contributed by atoms with E-state index in [0.29, 0.717) is 0 Å². The van der Waals surface area contributed by atoms with Gasteiger partial charge in [-0.05, 0) is 116 Å². The standard InChI is InChI=1S/C61H45N/c1-5-19-42(20-6-1)46-33-37-59(52(39-46)44-23-9-3-10-24-44)62(60-38-34-47(43-21-7-2-8-22-43)40-53(60)45-25-11-4-12-26-45)48-35-36-58-54(41-48)51-29-15-18-32-57(51)61(58)55-30-16-13-27-49(55)50-28-14-17-31-56(50)61/h1-13,15-27,29-41,57-58H,14,28H2. The van der Waals surface area contributed by atoms with Crippen LogP contribution < -0.4 is 4.90 Å². The summed E-state index contributed by atoms with van der Waals surface area (Å²) in [6, 6.07) is 66.7. The van der Waals surface area contributed by atoms with Crippen LogP contribution in [0.5, 0.6) is 0 Å². The Morgan fingerprint density at radius 1 is 0.435 bits per heavy atom. The molecule has 1 spiro atoms. The van der Waals surface area contributed by atoms with E-state index in [0.717, 1.165) is 29.9 Å². The minimum atomic E-state index is -0.197. The Morgan fingerprint density at radius 3 is 1.60 bits per heavy atom. The molecule has 0 N–H and O–H groups in total. The number of rotatable bonds is 7. The second-order valence-electron chi connectivity index (χ2n) is 17.0. The molecule has 0 bridgehead atoms. The molecule has 0 heterocycles. The van der Waals surface area contributed by atoms with Gasteiger partial charge in [0.25, 0.3) is 0 Å². The van der Waals surface area contributed by atoms with E-state index in [9.17, 15) is 0 Å². The quantitative estimate of drug-likeness (QED) is 0.155. The fraction of sp³-hybridized carbons (Fsp3) is 0.0820. The van der Waals surface area contributed by atoms with Crippen molar-refractivity contribution in [2.45, 2.75) is 18.3 Å². The third-order valence-electron chi connectivity index (χ3n) is 13.9. The number of hydrogen-bond donors (Lipinski definition) is 0. The fourth-order valence-electron chi connectivity index (χ4n) is 11.2. The van der Waals surface area contributed by atoms with Crippen molar-refractivity contribution in [3.8, 4) is 44.5 Å². The van der Waals surface area contributed by atoms with Crippen LogP contribution in [0.3, 0.4) is 0 Å². The third-order valence-corrected chi connectivity index (χ3v) is 13.9. The second kappa shape index (κ2) is 14.9. The molecule has 5 aliphatic carbocycles. The van der Waals surface area contributed by atoms with Gasteiger partial charge in [0.2, 0.25) is 0 Å². The van der Waals surface area contributed by atoms with Gasteiger partial charge in [-0.2, -0.15) is 0 Å². The van der Waals surface area contributed by atoms with E-state index in [1.54, 1.807) is 0 Å². The molecular weight excluding hydrogens is 747 g/mol. The predicted molar refractivity (Wildman–Crippen MR) is 260 cm³/mol. The molecule has 7 aromatic rings. The Labute approximate surface area is 365 Å². The smallest absolute Gasteiger partial charge is 0.0540 e. The Hall–Kier alpha value is -7.48. The molecule has 0 saturated carbocycles. The maximum atomic E-state index is 2.56. The van der Waals surface area contributed by atoms with Gasteiger partial charge in [-0.3, -0.25) is 0 Å². The van der Waals surface area contributed by atoms with Crippen molar-refractivity contribution in [3.63, 3.8) is 0 Å². The normalized spacial score (nSPS) is 20.2. The van der Waals surface area contributed by atoms with Gasteiger partial charge in [-0.15, -0.1) is 0 Å². The average molecular weight is 792 g/mol. The number of hydrogen-bond acceptors (Lipinski definition) is 1. The summed E-state index contributed by atoms with van der Waals surface area (Å²) in [7, 11) is 0. The maximum absolute atomic E-state index is 2.56. The molecule has 7 aromatic carbocycles. The Morgan fingerprint density at radius 2 is 0.984 bits per heavy atom. The molecular formula is C61H45N. The van der Waals surface area contributed by atoms with Gasteiger partial charge in [0.15, 0.2) is 0 Å². The third kappa shape index (κ3) is 5.69. The van der Waals surface area contributed by atoms with Crippen LogP contribution >= 0.6 is 0 Å². The average Bonchev–Trinajstić information content (AvgIpc) is 3.82.